The highest BCUT2D eigenvalue weighted by atomic mass is 19.4. The number of alkyl halides is 3. The van der Waals surface area contributed by atoms with Gasteiger partial charge < -0.3 is 15.0 Å². The molecular formula is C22H25F3N6O2. The number of ether oxygens (including phenoxy) is 1. The standard InChI is InChI=1S/C22H25F3N6O2/c1-15(29-30-19(32)22(23,24)25)16-13-26-20(27-14-16)28-21(7-2-8-21)17-3-5-18(6-4-17)31-9-11-33-12-10-31/h3-6,13-14,29H,1-2,7-12H2,(H,30,32)(H,26,27,28). The van der Waals surface area contributed by atoms with Gasteiger partial charge in [0.15, 0.2) is 0 Å². The Kier molecular flexibility index (Phi) is 6.41. The van der Waals surface area contributed by atoms with Crippen LogP contribution >= 0.6 is 0 Å². The summed E-state index contributed by atoms with van der Waals surface area (Å²) in [6, 6.07) is 8.50. The van der Waals surface area contributed by atoms with E-state index in [0.29, 0.717) is 11.5 Å². The van der Waals surface area contributed by atoms with Crippen LogP contribution in [0.15, 0.2) is 43.2 Å². The van der Waals surface area contributed by atoms with E-state index in [4.69, 9.17) is 4.74 Å². The zero-order valence-corrected chi connectivity index (χ0v) is 17.9. The fourth-order valence-electron chi connectivity index (χ4n) is 3.87. The van der Waals surface area contributed by atoms with Crippen LogP contribution < -0.4 is 21.1 Å². The lowest BCUT2D eigenvalue weighted by atomic mass is 9.72. The zero-order chi connectivity index (χ0) is 23.5. The summed E-state index contributed by atoms with van der Waals surface area (Å²) in [6.07, 6.45) is 0.821. The number of rotatable bonds is 7. The summed E-state index contributed by atoms with van der Waals surface area (Å²) in [4.78, 5) is 21.8. The highest BCUT2D eigenvalue weighted by Crippen LogP contribution is 2.44. The van der Waals surface area contributed by atoms with Gasteiger partial charge in [0.2, 0.25) is 5.95 Å². The van der Waals surface area contributed by atoms with E-state index >= 15 is 0 Å². The topological polar surface area (TPSA) is 91.4 Å². The van der Waals surface area contributed by atoms with E-state index < -0.39 is 12.1 Å². The number of benzene rings is 1. The molecule has 11 heteroatoms. The number of halogens is 3. The Balaban J connectivity index is 1.39. The molecule has 1 aromatic carbocycles. The van der Waals surface area contributed by atoms with Gasteiger partial charge in [-0.3, -0.25) is 15.6 Å². The molecule has 1 aliphatic heterocycles. The van der Waals surface area contributed by atoms with Crippen molar-refractivity contribution < 1.29 is 22.7 Å². The molecule has 1 saturated carbocycles. The fraction of sp³-hybridized carbons (Fsp3) is 0.409. The molecule has 3 N–H and O–H groups in total. The quantitative estimate of drug-likeness (QED) is 0.545. The van der Waals surface area contributed by atoms with Gasteiger partial charge >= 0.3 is 12.1 Å². The van der Waals surface area contributed by atoms with Gasteiger partial charge in [-0.15, -0.1) is 0 Å². The van der Waals surface area contributed by atoms with Crippen molar-refractivity contribution in [3.63, 3.8) is 0 Å². The molecule has 1 saturated heterocycles. The molecule has 0 spiro atoms. The maximum Gasteiger partial charge on any atom is 0.472 e. The molecular weight excluding hydrogens is 437 g/mol. The second-order valence-corrected chi connectivity index (χ2v) is 8.06. The molecule has 0 radical (unpaired) electrons. The lowest BCUT2D eigenvalue weighted by molar-refractivity contribution is -0.174. The van der Waals surface area contributed by atoms with Gasteiger partial charge in [0.25, 0.3) is 0 Å². The van der Waals surface area contributed by atoms with Crippen LogP contribution in [0.25, 0.3) is 5.70 Å². The van der Waals surface area contributed by atoms with E-state index in [1.807, 2.05) is 0 Å². The molecule has 1 amide bonds. The first kappa shape index (κ1) is 22.8. The first-order valence-corrected chi connectivity index (χ1v) is 10.6. The van der Waals surface area contributed by atoms with Gasteiger partial charge in [-0.25, -0.2) is 9.97 Å². The van der Waals surface area contributed by atoms with Crippen molar-refractivity contribution in [2.45, 2.75) is 31.0 Å². The van der Waals surface area contributed by atoms with Gasteiger partial charge in [0.1, 0.15) is 0 Å². The average molecular weight is 462 g/mol. The third kappa shape index (κ3) is 5.19. The molecule has 2 aromatic rings. The predicted octanol–water partition coefficient (Wildman–Crippen LogP) is 2.96. The molecule has 0 bridgehead atoms. The third-order valence-corrected chi connectivity index (χ3v) is 5.94. The minimum Gasteiger partial charge on any atom is -0.378 e. The van der Waals surface area contributed by atoms with E-state index in [1.165, 1.54) is 18.1 Å². The first-order chi connectivity index (χ1) is 15.8. The van der Waals surface area contributed by atoms with Crippen molar-refractivity contribution in [2.24, 2.45) is 0 Å². The summed E-state index contributed by atoms with van der Waals surface area (Å²) in [5, 5.41) is 3.42. The Morgan fingerprint density at radius 3 is 2.24 bits per heavy atom. The van der Waals surface area contributed by atoms with Crippen molar-refractivity contribution in [1.29, 1.82) is 0 Å². The summed E-state index contributed by atoms with van der Waals surface area (Å²) >= 11 is 0. The number of aromatic nitrogens is 2. The van der Waals surface area contributed by atoms with Gasteiger partial charge in [0, 0.05) is 36.7 Å². The van der Waals surface area contributed by atoms with Crippen LogP contribution in [0, 0.1) is 0 Å². The summed E-state index contributed by atoms with van der Waals surface area (Å²) < 4.78 is 42.3. The molecule has 176 valence electrons. The molecule has 0 unspecified atom stereocenters. The number of amides is 1. The highest BCUT2D eigenvalue weighted by molar-refractivity contribution is 5.82. The Morgan fingerprint density at radius 1 is 1.06 bits per heavy atom. The molecule has 2 aliphatic rings. The van der Waals surface area contributed by atoms with Crippen molar-refractivity contribution >= 4 is 23.2 Å². The second kappa shape index (κ2) is 9.26. The number of morpholine rings is 1. The smallest absolute Gasteiger partial charge is 0.378 e. The Morgan fingerprint density at radius 2 is 1.70 bits per heavy atom. The maximum atomic E-state index is 12.3. The maximum absolute atomic E-state index is 12.3. The minimum absolute atomic E-state index is 0.0382. The number of carbonyl (C=O) groups excluding carboxylic acids is 1. The molecule has 1 aromatic heterocycles. The minimum atomic E-state index is -4.99. The number of carbonyl (C=O) groups is 1. The number of hydrogen-bond donors (Lipinski definition) is 3. The lowest BCUT2D eigenvalue weighted by Crippen LogP contribution is -2.44. The van der Waals surface area contributed by atoms with Crippen molar-refractivity contribution in [3.8, 4) is 0 Å². The highest BCUT2D eigenvalue weighted by Gasteiger charge is 2.40. The van der Waals surface area contributed by atoms with E-state index in [1.54, 1.807) is 5.43 Å². The van der Waals surface area contributed by atoms with Crippen LogP contribution in [0.3, 0.4) is 0 Å². The number of anilines is 2. The van der Waals surface area contributed by atoms with E-state index in [9.17, 15) is 18.0 Å². The summed E-state index contributed by atoms with van der Waals surface area (Å²) in [5.41, 5.74) is 6.12. The molecule has 8 nitrogen and oxygen atoms in total. The van der Waals surface area contributed by atoms with Crippen LogP contribution in [0.1, 0.15) is 30.4 Å². The van der Waals surface area contributed by atoms with Gasteiger partial charge in [-0.2, -0.15) is 13.2 Å². The van der Waals surface area contributed by atoms with Crippen molar-refractivity contribution in [2.75, 3.05) is 36.5 Å². The number of nitrogens with zero attached hydrogens (tertiary/aromatic N) is 3. The first-order valence-electron chi connectivity index (χ1n) is 10.6. The SMILES string of the molecule is C=C(NNC(=O)C(F)(F)F)c1cnc(NC2(c3ccc(N4CCOCC4)cc3)CCC2)nc1. The van der Waals surface area contributed by atoms with Crippen LogP contribution in [-0.2, 0) is 15.1 Å². The Hall–Kier alpha value is -3.34. The van der Waals surface area contributed by atoms with E-state index in [-0.39, 0.29) is 11.2 Å². The monoisotopic (exact) mass is 462 g/mol. The van der Waals surface area contributed by atoms with Crippen LogP contribution in [0.2, 0.25) is 0 Å². The molecule has 0 atom stereocenters. The number of hydrazine groups is 1. The molecule has 4 rings (SSSR count). The predicted molar refractivity (Wildman–Crippen MR) is 117 cm³/mol. The molecule has 2 heterocycles. The van der Waals surface area contributed by atoms with E-state index in [0.717, 1.165) is 51.1 Å². The van der Waals surface area contributed by atoms with Gasteiger partial charge in [-0.05, 0) is 37.0 Å². The number of nitrogens with one attached hydrogen (secondary N) is 3. The average Bonchev–Trinajstić information content (AvgIpc) is 2.80. The number of hydrogen-bond acceptors (Lipinski definition) is 7. The molecule has 1 aliphatic carbocycles. The fourth-order valence-corrected chi connectivity index (χ4v) is 3.87. The van der Waals surface area contributed by atoms with Crippen molar-refractivity contribution in [3.05, 3.63) is 54.4 Å². The van der Waals surface area contributed by atoms with Crippen LogP contribution in [0.5, 0.6) is 0 Å². The largest absolute Gasteiger partial charge is 0.472 e. The van der Waals surface area contributed by atoms with Crippen LogP contribution in [-0.4, -0.2) is 48.4 Å². The zero-order valence-electron chi connectivity index (χ0n) is 17.9. The van der Waals surface area contributed by atoms with Crippen LogP contribution in [0.4, 0.5) is 24.8 Å². The summed E-state index contributed by atoms with van der Waals surface area (Å²) in [6.45, 7) is 6.82. The second-order valence-electron chi connectivity index (χ2n) is 8.06. The lowest BCUT2D eigenvalue weighted by Gasteiger charge is -2.43. The summed E-state index contributed by atoms with van der Waals surface area (Å²) in [5.74, 6) is -1.71. The normalized spacial score (nSPS) is 17.6. The summed E-state index contributed by atoms with van der Waals surface area (Å²) in [7, 11) is 0. The van der Waals surface area contributed by atoms with E-state index in [2.05, 4.69) is 56.5 Å². The Bertz CT molecular complexity index is 985. The van der Waals surface area contributed by atoms with Crippen molar-refractivity contribution in [1.82, 2.24) is 20.8 Å². The molecule has 2 fully saturated rings. The third-order valence-electron chi connectivity index (χ3n) is 5.94. The van der Waals surface area contributed by atoms with Gasteiger partial charge in [-0.1, -0.05) is 18.7 Å². The van der Waals surface area contributed by atoms with Gasteiger partial charge in [0.05, 0.1) is 24.4 Å². The molecule has 33 heavy (non-hydrogen) atoms. The Labute approximate surface area is 189 Å².